The molecular formula is C25H38N4O3S. The fraction of sp³-hybridized carbons (Fsp3) is 0.640. The Morgan fingerprint density at radius 3 is 2.64 bits per heavy atom. The fourth-order valence-corrected chi connectivity index (χ4v) is 4.91. The number of hydrogen-bond acceptors (Lipinski definition) is 6. The summed E-state index contributed by atoms with van der Waals surface area (Å²) in [4.78, 5) is 28.0. The molecular weight excluding hydrogens is 436 g/mol. The molecule has 33 heavy (non-hydrogen) atoms. The molecule has 0 saturated heterocycles. The predicted octanol–water partition coefficient (Wildman–Crippen LogP) is 4.83. The van der Waals surface area contributed by atoms with Crippen LogP contribution in [0.3, 0.4) is 0 Å². The van der Waals surface area contributed by atoms with E-state index in [1.54, 1.807) is 0 Å². The quantitative estimate of drug-likeness (QED) is 0.526. The van der Waals surface area contributed by atoms with Crippen LogP contribution in [0.1, 0.15) is 64.4 Å². The van der Waals surface area contributed by atoms with Crippen LogP contribution < -0.4 is 5.32 Å². The third-order valence-electron chi connectivity index (χ3n) is 6.00. The van der Waals surface area contributed by atoms with E-state index < -0.39 is 6.23 Å². The number of benzene rings is 1. The van der Waals surface area contributed by atoms with Gasteiger partial charge in [-0.2, -0.15) is 5.01 Å². The van der Waals surface area contributed by atoms with Gasteiger partial charge >= 0.3 is 6.03 Å². The monoisotopic (exact) mass is 474 g/mol. The first-order valence-electron chi connectivity index (χ1n) is 12.2. The largest absolute Gasteiger partial charge is 0.438 e. The van der Waals surface area contributed by atoms with E-state index in [0.717, 1.165) is 50.9 Å². The normalized spacial score (nSPS) is 19.0. The van der Waals surface area contributed by atoms with Crippen LogP contribution in [0.5, 0.6) is 0 Å². The van der Waals surface area contributed by atoms with Crippen molar-refractivity contribution in [1.82, 2.24) is 15.2 Å². The maximum absolute atomic E-state index is 13.0. The summed E-state index contributed by atoms with van der Waals surface area (Å²) in [5, 5.41) is 9.09. The first-order chi connectivity index (χ1) is 15.9. The van der Waals surface area contributed by atoms with Crippen molar-refractivity contribution >= 4 is 28.8 Å². The number of nitrogens with one attached hydrogen (secondary N) is 1. The van der Waals surface area contributed by atoms with Gasteiger partial charge in [-0.1, -0.05) is 75.2 Å². The van der Waals surface area contributed by atoms with Crippen molar-refractivity contribution in [2.75, 3.05) is 19.3 Å². The van der Waals surface area contributed by atoms with E-state index in [1.807, 2.05) is 18.2 Å². The minimum Gasteiger partial charge on any atom is -0.438 e. The summed E-state index contributed by atoms with van der Waals surface area (Å²) in [7, 11) is 2.08. The number of Topliss-reactive ketones (excluding diaryl/α,β-unsaturated/α-hetero) is 1. The molecule has 182 valence electrons. The van der Waals surface area contributed by atoms with Crippen molar-refractivity contribution in [1.29, 1.82) is 0 Å². The van der Waals surface area contributed by atoms with Gasteiger partial charge in [0.2, 0.25) is 0 Å². The van der Waals surface area contributed by atoms with E-state index in [4.69, 9.17) is 4.74 Å². The van der Waals surface area contributed by atoms with Gasteiger partial charge in [-0.15, -0.1) is 5.10 Å². The van der Waals surface area contributed by atoms with Crippen molar-refractivity contribution in [3.05, 3.63) is 35.9 Å². The molecule has 1 N–H and O–H groups in total. The molecule has 3 rings (SSSR count). The van der Waals surface area contributed by atoms with E-state index in [9.17, 15) is 9.59 Å². The van der Waals surface area contributed by atoms with Crippen molar-refractivity contribution < 1.29 is 14.3 Å². The molecule has 1 aliphatic carbocycles. The first kappa shape index (κ1) is 25.6. The summed E-state index contributed by atoms with van der Waals surface area (Å²) in [5.74, 6) is 1.07. The van der Waals surface area contributed by atoms with E-state index >= 15 is 0 Å². The van der Waals surface area contributed by atoms with E-state index in [-0.39, 0.29) is 17.9 Å². The highest BCUT2D eigenvalue weighted by Crippen LogP contribution is 2.24. The molecule has 0 spiro atoms. The van der Waals surface area contributed by atoms with Crippen molar-refractivity contribution in [3.8, 4) is 0 Å². The number of nitrogens with zero attached hydrogens (tertiary/aromatic N) is 3. The number of rotatable bonds is 10. The first-order valence-corrected chi connectivity index (χ1v) is 13.1. The summed E-state index contributed by atoms with van der Waals surface area (Å²) in [6.45, 7) is 5.86. The van der Waals surface area contributed by atoms with Crippen LogP contribution in [0.4, 0.5) is 4.79 Å². The van der Waals surface area contributed by atoms with Crippen LogP contribution in [-0.2, 0) is 16.1 Å². The maximum Gasteiger partial charge on any atom is 0.341 e. The number of ether oxygens (including phenoxy) is 1. The van der Waals surface area contributed by atoms with Gasteiger partial charge in [0.25, 0.3) is 11.5 Å². The topological polar surface area (TPSA) is 74.2 Å². The molecule has 1 saturated carbocycles. The van der Waals surface area contributed by atoms with Crippen molar-refractivity contribution in [2.24, 2.45) is 11.0 Å². The van der Waals surface area contributed by atoms with Crippen LogP contribution in [0.2, 0.25) is 0 Å². The zero-order valence-electron chi connectivity index (χ0n) is 20.2. The van der Waals surface area contributed by atoms with E-state index in [0.29, 0.717) is 17.6 Å². The second-order valence-electron chi connectivity index (χ2n) is 9.44. The van der Waals surface area contributed by atoms with Gasteiger partial charge in [-0.25, -0.2) is 4.79 Å². The summed E-state index contributed by atoms with van der Waals surface area (Å²) in [6.07, 6.45) is 5.60. The Labute approximate surface area is 202 Å². The number of amides is 2. The molecule has 2 amide bonds. The number of hydrazone groups is 1. The molecule has 7 nitrogen and oxygen atoms in total. The smallest absolute Gasteiger partial charge is 0.341 e. The molecule has 8 heteroatoms. The molecule has 1 fully saturated rings. The summed E-state index contributed by atoms with van der Waals surface area (Å²) < 4.78 is 5.89. The lowest BCUT2D eigenvalue weighted by atomic mass is 9.96. The van der Waals surface area contributed by atoms with Gasteiger partial charge in [-0.05, 0) is 37.8 Å². The molecule has 0 bridgehead atoms. The Morgan fingerprint density at radius 2 is 1.94 bits per heavy atom. The molecule has 1 aliphatic heterocycles. The van der Waals surface area contributed by atoms with E-state index in [1.165, 1.54) is 28.8 Å². The number of ketones is 1. The molecule has 1 aromatic rings. The molecule has 1 heterocycles. The lowest BCUT2D eigenvalue weighted by Crippen LogP contribution is -2.48. The minimum absolute atomic E-state index is 0.0944. The molecule has 0 aromatic heterocycles. The zero-order valence-corrected chi connectivity index (χ0v) is 21.0. The lowest BCUT2D eigenvalue weighted by molar-refractivity contribution is -0.131. The highest BCUT2D eigenvalue weighted by Gasteiger charge is 2.38. The van der Waals surface area contributed by atoms with Crippen LogP contribution in [-0.4, -0.2) is 58.6 Å². The second kappa shape index (κ2) is 13.0. The lowest BCUT2D eigenvalue weighted by Gasteiger charge is -2.26. The zero-order chi connectivity index (χ0) is 23.6. The average molecular weight is 475 g/mol. The molecule has 1 aromatic carbocycles. The van der Waals surface area contributed by atoms with Gasteiger partial charge in [0.15, 0.2) is 5.78 Å². The number of urea groups is 1. The third kappa shape index (κ3) is 8.34. The van der Waals surface area contributed by atoms with Crippen LogP contribution >= 0.6 is 11.8 Å². The SMILES string of the molecule is CC(C)CCC(=O)C1OC(SCCN(C)Cc2ccccc2)=NN1C(=O)NC1CCCCC1. The third-order valence-corrected chi connectivity index (χ3v) is 6.81. The van der Waals surface area contributed by atoms with Crippen LogP contribution in [0.15, 0.2) is 35.4 Å². The molecule has 1 atom stereocenters. The van der Waals surface area contributed by atoms with Crippen molar-refractivity contribution in [2.45, 2.75) is 77.6 Å². The molecule has 0 radical (unpaired) electrons. The van der Waals surface area contributed by atoms with Crippen LogP contribution in [0.25, 0.3) is 0 Å². The van der Waals surface area contributed by atoms with Gasteiger partial charge in [0, 0.05) is 31.3 Å². The minimum atomic E-state index is -0.961. The Kier molecular flexibility index (Phi) is 10.1. The van der Waals surface area contributed by atoms with Crippen LogP contribution in [0, 0.1) is 5.92 Å². The van der Waals surface area contributed by atoms with E-state index in [2.05, 4.69) is 48.3 Å². The fourth-order valence-electron chi connectivity index (χ4n) is 4.03. The summed E-state index contributed by atoms with van der Waals surface area (Å²) >= 11 is 1.45. The second-order valence-corrected chi connectivity index (χ2v) is 10.5. The number of hydrogen-bond donors (Lipinski definition) is 1. The van der Waals surface area contributed by atoms with Crippen molar-refractivity contribution in [3.63, 3.8) is 0 Å². The van der Waals surface area contributed by atoms with Gasteiger partial charge < -0.3 is 15.0 Å². The maximum atomic E-state index is 13.0. The number of carbonyl (C=O) groups excluding carboxylic acids is 2. The highest BCUT2D eigenvalue weighted by atomic mass is 32.2. The van der Waals surface area contributed by atoms with Gasteiger partial charge in [-0.3, -0.25) is 4.79 Å². The average Bonchev–Trinajstić information content (AvgIpc) is 3.23. The standard InChI is InChI=1S/C25H38N4O3S/c1-19(2)14-15-22(30)23-29(24(31)26-21-12-8-5-9-13-21)27-25(32-23)33-17-16-28(3)18-20-10-6-4-7-11-20/h4,6-7,10-11,19,21,23H,5,8-9,12-18H2,1-3H3,(H,26,31). The predicted molar refractivity (Wildman–Crippen MR) is 134 cm³/mol. The summed E-state index contributed by atoms with van der Waals surface area (Å²) in [6, 6.07) is 10.2. The Morgan fingerprint density at radius 1 is 1.21 bits per heavy atom. The van der Waals surface area contributed by atoms with Gasteiger partial charge in [0.1, 0.15) is 0 Å². The summed E-state index contributed by atoms with van der Waals surface area (Å²) in [5.41, 5.74) is 1.26. The molecule has 1 unspecified atom stereocenters. The number of carbonyl (C=O) groups is 2. The number of thioether (sulfide) groups is 1. The Hall–Kier alpha value is -2.06. The molecule has 2 aliphatic rings. The Balaban J connectivity index is 1.55. The highest BCUT2D eigenvalue weighted by molar-refractivity contribution is 8.13. The Bertz CT molecular complexity index is 796. The van der Waals surface area contributed by atoms with Gasteiger partial charge in [0.05, 0.1) is 0 Å².